The van der Waals surface area contributed by atoms with Gasteiger partial charge >= 0.3 is 12.1 Å². The highest BCUT2D eigenvalue weighted by molar-refractivity contribution is 5.82. The third-order valence-electron chi connectivity index (χ3n) is 3.24. The molecule has 0 radical (unpaired) electrons. The first-order valence-corrected chi connectivity index (χ1v) is 8.31. The number of benzene rings is 1. The van der Waals surface area contributed by atoms with Gasteiger partial charge in [0.1, 0.15) is 17.2 Å². The molecule has 2 N–H and O–H groups in total. The summed E-state index contributed by atoms with van der Waals surface area (Å²) >= 11 is 0. The normalized spacial score (nSPS) is 13.1. The Morgan fingerprint density at radius 3 is 1.92 bits per heavy atom. The van der Waals surface area contributed by atoms with Crippen molar-refractivity contribution >= 4 is 17.7 Å². The zero-order valence-corrected chi connectivity index (χ0v) is 16.3. The highest BCUT2D eigenvalue weighted by atomic mass is 16.6. The van der Waals surface area contributed by atoms with Crippen molar-refractivity contribution in [3.05, 3.63) is 29.8 Å². The second-order valence-electron chi connectivity index (χ2n) is 8.09. The molecule has 1 aromatic rings. The Morgan fingerprint density at radius 1 is 1.00 bits per heavy atom. The van der Waals surface area contributed by atoms with Gasteiger partial charge in [0.2, 0.25) is 0 Å². The molecule has 1 amide bonds. The maximum absolute atomic E-state index is 12.6. The van der Waals surface area contributed by atoms with Crippen LogP contribution in [0.2, 0.25) is 0 Å². The van der Waals surface area contributed by atoms with Gasteiger partial charge in [-0.1, -0.05) is 12.1 Å². The molecule has 0 saturated heterocycles. The maximum Gasteiger partial charge on any atom is 0.410 e. The molecule has 0 heterocycles. The van der Waals surface area contributed by atoms with Crippen LogP contribution in [0.15, 0.2) is 24.3 Å². The van der Waals surface area contributed by atoms with Crippen molar-refractivity contribution in [2.75, 3.05) is 12.8 Å². The number of anilines is 1. The van der Waals surface area contributed by atoms with Crippen LogP contribution < -0.4 is 5.73 Å². The van der Waals surface area contributed by atoms with Crippen LogP contribution in [0.25, 0.3) is 0 Å². The van der Waals surface area contributed by atoms with Crippen molar-refractivity contribution in [3.8, 4) is 0 Å². The van der Waals surface area contributed by atoms with Crippen LogP contribution >= 0.6 is 0 Å². The second kappa shape index (κ2) is 7.76. The largest absolute Gasteiger partial charge is 0.458 e. The van der Waals surface area contributed by atoms with E-state index in [-0.39, 0.29) is 0 Å². The Bertz CT molecular complexity index is 597. The summed E-state index contributed by atoms with van der Waals surface area (Å²) in [7, 11) is 1.54. The molecule has 1 aromatic carbocycles. The molecule has 0 fully saturated rings. The topological polar surface area (TPSA) is 81.9 Å². The third-order valence-corrected chi connectivity index (χ3v) is 3.24. The van der Waals surface area contributed by atoms with Crippen molar-refractivity contribution in [1.82, 2.24) is 4.90 Å². The van der Waals surface area contributed by atoms with Crippen molar-refractivity contribution in [2.45, 2.75) is 65.2 Å². The molecule has 0 saturated carbocycles. The van der Waals surface area contributed by atoms with Crippen molar-refractivity contribution < 1.29 is 19.1 Å². The number of ether oxygens (including phenoxy) is 2. The number of carbonyl (C=O) groups is 2. The number of nitrogen functional groups attached to an aromatic ring is 1. The second-order valence-corrected chi connectivity index (χ2v) is 8.09. The predicted molar refractivity (Wildman–Crippen MR) is 98.2 cm³/mol. The number of hydrogen-bond acceptors (Lipinski definition) is 5. The number of esters is 1. The summed E-state index contributed by atoms with van der Waals surface area (Å²) in [4.78, 5) is 26.3. The molecule has 0 unspecified atom stereocenters. The van der Waals surface area contributed by atoms with Crippen LogP contribution in [-0.4, -0.2) is 41.3 Å². The number of nitrogens with zero attached hydrogens (tertiary/aromatic N) is 1. The summed E-state index contributed by atoms with van der Waals surface area (Å²) in [6.45, 7) is 10.7. The molecule has 0 bridgehead atoms. The van der Waals surface area contributed by atoms with Gasteiger partial charge < -0.3 is 15.2 Å². The highest BCUT2D eigenvalue weighted by Gasteiger charge is 2.33. The van der Waals surface area contributed by atoms with E-state index in [1.165, 1.54) is 4.90 Å². The minimum atomic E-state index is -0.794. The molecule has 1 atom stereocenters. The first kappa shape index (κ1) is 20.8. The molecule has 140 valence electrons. The molecule has 0 aliphatic rings. The lowest BCUT2D eigenvalue weighted by atomic mass is 10.0. The van der Waals surface area contributed by atoms with Crippen LogP contribution in [0, 0.1) is 0 Å². The maximum atomic E-state index is 12.6. The quantitative estimate of drug-likeness (QED) is 0.665. The minimum Gasteiger partial charge on any atom is -0.458 e. The van der Waals surface area contributed by atoms with Crippen LogP contribution in [0.3, 0.4) is 0 Å². The van der Waals surface area contributed by atoms with Crippen LogP contribution in [-0.2, 0) is 20.7 Å². The lowest BCUT2D eigenvalue weighted by Crippen LogP contribution is -2.48. The average molecular weight is 350 g/mol. The SMILES string of the molecule is CN(C(=O)OC(C)(C)C)[C@@H](Cc1ccc(N)cc1)C(=O)OC(C)(C)C. The summed E-state index contributed by atoms with van der Waals surface area (Å²) < 4.78 is 10.9. The van der Waals surface area contributed by atoms with E-state index in [0.29, 0.717) is 12.1 Å². The van der Waals surface area contributed by atoms with Gasteiger partial charge in [-0.2, -0.15) is 0 Å². The molecule has 0 aliphatic carbocycles. The lowest BCUT2D eigenvalue weighted by molar-refractivity contribution is -0.160. The fourth-order valence-electron chi connectivity index (χ4n) is 2.09. The zero-order chi connectivity index (χ0) is 19.4. The number of amides is 1. The van der Waals surface area contributed by atoms with Crippen LogP contribution in [0.5, 0.6) is 0 Å². The van der Waals surface area contributed by atoms with Crippen molar-refractivity contribution in [1.29, 1.82) is 0 Å². The van der Waals surface area contributed by atoms with Crippen molar-refractivity contribution in [3.63, 3.8) is 0 Å². The van der Waals surface area contributed by atoms with E-state index in [0.717, 1.165) is 5.56 Å². The first-order chi connectivity index (χ1) is 11.3. The lowest BCUT2D eigenvalue weighted by Gasteiger charge is -2.31. The van der Waals surface area contributed by atoms with Gasteiger partial charge in [0.15, 0.2) is 0 Å². The number of carbonyl (C=O) groups excluding carboxylic acids is 2. The predicted octanol–water partition coefficient (Wildman–Crippen LogP) is 3.39. The number of rotatable bonds is 4. The third kappa shape index (κ3) is 7.45. The van der Waals surface area contributed by atoms with E-state index in [2.05, 4.69) is 0 Å². The molecule has 6 heteroatoms. The molecule has 1 rings (SSSR count). The Hall–Kier alpha value is -2.24. The van der Waals surface area contributed by atoms with E-state index in [1.54, 1.807) is 60.7 Å². The summed E-state index contributed by atoms with van der Waals surface area (Å²) in [6, 6.07) is 6.38. The molecular weight excluding hydrogens is 320 g/mol. The molecule has 25 heavy (non-hydrogen) atoms. The van der Waals surface area contributed by atoms with Gasteiger partial charge in [-0.05, 0) is 59.2 Å². The number of hydrogen-bond donors (Lipinski definition) is 1. The van der Waals surface area contributed by atoms with Gasteiger partial charge in [-0.25, -0.2) is 9.59 Å². The van der Waals surface area contributed by atoms with E-state index in [1.807, 2.05) is 12.1 Å². The summed E-state index contributed by atoms with van der Waals surface area (Å²) in [5.74, 6) is -0.474. The Balaban J connectivity index is 3.02. The fourth-order valence-corrected chi connectivity index (χ4v) is 2.09. The van der Waals surface area contributed by atoms with E-state index in [4.69, 9.17) is 15.2 Å². The van der Waals surface area contributed by atoms with E-state index < -0.39 is 29.3 Å². The average Bonchev–Trinajstić information content (AvgIpc) is 2.42. The summed E-state index contributed by atoms with van der Waals surface area (Å²) in [5, 5.41) is 0. The molecule has 0 aromatic heterocycles. The molecular formula is C19H30N2O4. The Morgan fingerprint density at radius 2 is 1.48 bits per heavy atom. The Kier molecular flexibility index (Phi) is 6.46. The van der Waals surface area contributed by atoms with Crippen LogP contribution in [0.1, 0.15) is 47.1 Å². The zero-order valence-electron chi connectivity index (χ0n) is 16.3. The fraction of sp³-hybridized carbons (Fsp3) is 0.579. The standard InChI is InChI=1S/C19H30N2O4/c1-18(2,3)24-16(22)15(12-13-8-10-14(20)11-9-13)21(7)17(23)25-19(4,5)6/h8-11,15H,12,20H2,1-7H3/t15-/m0/s1. The monoisotopic (exact) mass is 350 g/mol. The molecule has 0 aliphatic heterocycles. The van der Waals surface area contributed by atoms with Gasteiger partial charge in [-0.15, -0.1) is 0 Å². The van der Waals surface area contributed by atoms with Gasteiger partial charge in [0, 0.05) is 19.2 Å². The van der Waals surface area contributed by atoms with Gasteiger partial charge in [-0.3, -0.25) is 4.90 Å². The summed E-state index contributed by atoms with van der Waals surface area (Å²) in [6.07, 6.45) is -0.260. The van der Waals surface area contributed by atoms with Crippen LogP contribution in [0.4, 0.5) is 10.5 Å². The van der Waals surface area contributed by atoms with Crippen molar-refractivity contribution in [2.24, 2.45) is 0 Å². The minimum absolute atomic E-state index is 0.310. The molecule has 0 spiro atoms. The van der Waals surface area contributed by atoms with E-state index in [9.17, 15) is 9.59 Å². The number of nitrogens with two attached hydrogens (primary N) is 1. The van der Waals surface area contributed by atoms with Gasteiger partial charge in [0.25, 0.3) is 0 Å². The number of likely N-dealkylation sites (N-methyl/N-ethyl adjacent to an activating group) is 1. The van der Waals surface area contributed by atoms with Gasteiger partial charge in [0.05, 0.1) is 0 Å². The first-order valence-electron chi connectivity index (χ1n) is 8.31. The molecule has 6 nitrogen and oxygen atoms in total. The smallest absolute Gasteiger partial charge is 0.410 e. The van der Waals surface area contributed by atoms with E-state index >= 15 is 0 Å². The Labute approximate surface area is 150 Å². The summed E-state index contributed by atoms with van der Waals surface area (Å²) in [5.41, 5.74) is 5.92. The highest BCUT2D eigenvalue weighted by Crippen LogP contribution is 2.18.